The summed E-state index contributed by atoms with van der Waals surface area (Å²) in [4.78, 5) is 18.0. The molecule has 1 aromatic heterocycles. The molecule has 4 aromatic rings. The van der Waals surface area contributed by atoms with Gasteiger partial charge in [-0.25, -0.2) is 4.79 Å². The molecule has 1 atom stereocenters. The van der Waals surface area contributed by atoms with Crippen molar-refractivity contribution in [1.82, 2.24) is 20.4 Å². The molecule has 2 heterocycles. The van der Waals surface area contributed by atoms with Gasteiger partial charge < -0.3 is 24.7 Å². The highest BCUT2D eigenvalue weighted by Crippen LogP contribution is 2.24. The van der Waals surface area contributed by atoms with Gasteiger partial charge in [-0.3, -0.25) is 4.90 Å². The summed E-state index contributed by atoms with van der Waals surface area (Å²) >= 11 is 0. The fourth-order valence-corrected chi connectivity index (χ4v) is 5.27. The van der Waals surface area contributed by atoms with Gasteiger partial charge in [0.25, 0.3) is 0 Å². The van der Waals surface area contributed by atoms with Crippen molar-refractivity contribution < 1.29 is 13.9 Å². The molecular formula is C33H40N4O3. The molecular weight excluding hydrogens is 500 g/mol. The van der Waals surface area contributed by atoms with Crippen LogP contribution in [-0.4, -0.2) is 55.2 Å². The minimum Gasteiger partial charge on any atom is -0.468 e. The Hall–Kier alpha value is -3.65. The number of nitrogens with zero attached hydrogens (tertiary/aromatic N) is 2. The van der Waals surface area contributed by atoms with E-state index in [0.29, 0.717) is 19.6 Å². The molecule has 210 valence electrons. The SMILES string of the molecule is CC(NC(=O)N(CCCN1CCOCC1)Cc1ccc(CNCc2ccco2)cc1)c1cccc2ccccc12. The third-order valence-corrected chi connectivity index (χ3v) is 7.53. The highest BCUT2D eigenvalue weighted by Gasteiger charge is 2.19. The third-order valence-electron chi connectivity index (χ3n) is 7.53. The summed E-state index contributed by atoms with van der Waals surface area (Å²) in [7, 11) is 0. The Morgan fingerprint density at radius 2 is 1.70 bits per heavy atom. The average Bonchev–Trinajstić information content (AvgIpc) is 3.51. The van der Waals surface area contributed by atoms with E-state index in [1.54, 1.807) is 6.26 Å². The molecule has 5 rings (SSSR count). The van der Waals surface area contributed by atoms with E-state index in [9.17, 15) is 4.79 Å². The van der Waals surface area contributed by atoms with E-state index in [-0.39, 0.29) is 12.1 Å². The molecule has 2 amide bonds. The van der Waals surface area contributed by atoms with Gasteiger partial charge in [0.2, 0.25) is 0 Å². The van der Waals surface area contributed by atoms with Gasteiger partial charge >= 0.3 is 6.03 Å². The first-order valence-electron chi connectivity index (χ1n) is 14.3. The molecule has 3 aromatic carbocycles. The van der Waals surface area contributed by atoms with Gasteiger partial charge in [0, 0.05) is 39.3 Å². The van der Waals surface area contributed by atoms with Crippen molar-refractivity contribution in [2.75, 3.05) is 39.4 Å². The van der Waals surface area contributed by atoms with Crippen LogP contribution in [0.15, 0.2) is 89.5 Å². The Balaban J connectivity index is 1.22. The molecule has 0 aliphatic carbocycles. The number of amides is 2. The normalized spacial score (nSPS) is 14.7. The number of rotatable bonds is 12. The van der Waals surface area contributed by atoms with E-state index in [2.05, 4.69) is 83.1 Å². The van der Waals surface area contributed by atoms with Crippen LogP contribution in [-0.2, 0) is 24.4 Å². The molecule has 1 aliphatic rings. The van der Waals surface area contributed by atoms with Gasteiger partial charge in [-0.2, -0.15) is 0 Å². The number of morpholine rings is 1. The molecule has 7 nitrogen and oxygen atoms in total. The minimum atomic E-state index is -0.108. The number of hydrogen-bond donors (Lipinski definition) is 2. The summed E-state index contributed by atoms with van der Waals surface area (Å²) in [6, 6.07) is 26.9. The first kappa shape index (κ1) is 27.9. The van der Waals surface area contributed by atoms with Crippen molar-refractivity contribution in [3.8, 4) is 0 Å². The van der Waals surface area contributed by atoms with Crippen LogP contribution in [0.5, 0.6) is 0 Å². The Labute approximate surface area is 237 Å². The Morgan fingerprint density at radius 3 is 2.50 bits per heavy atom. The number of benzene rings is 3. The first-order valence-corrected chi connectivity index (χ1v) is 14.3. The fourth-order valence-electron chi connectivity index (χ4n) is 5.27. The molecule has 0 spiro atoms. The Morgan fingerprint density at radius 1 is 0.925 bits per heavy atom. The van der Waals surface area contributed by atoms with Crippen LogP contribution in [0.2, 0.25) is 0 Å². The molecule has 40 heavy (non-hydrogen) atoms. The number of carbonyl (C=O) groups is 1. The minimum absolute atomic E-state index is 0.0356. The smallest absolute Gasteiger partial charge is 0.318 e. The topological polar surface area (TPSA) is 70.0 Å². The van der Waals surface area contributed by atoms with Gasteiger partial charge in [0.05, 0.1) is 32.1 Å². The zero-order valence-corrected chi connectivity index (χ0v) is 23.4. The summed E-state index contributed by atoms with van der Waals surface area (Å²) in [6.45, 7) is 9.23. The standard InChI is InChI=1S/C33H40N4O3/c1-26(31-11-4-8-29-7-2-3-10-32(29)31)35-33(38)37(17-6-16-36-18-21-39-22-19-36)25-28-14-12-27(13-15-28)23-34-24-30-9-5-20-40-30/h2-5,7-15,20,26,34H,6,16-19,21-25H2,1H3,(H,35,38). The molecule has 0 saturated carbocycles. The van der Waals surface area contributed by atoms with Crippen molar-refractivity contribution in [1.29, 1.82) is 0 Å². The van der Waals surface area contributed by atoms with E-state index in [4.69, 9.17) is 9.15 Å². The molecule has 1 fully saturated rings. The van der Waals surface area contributed by atoms with E-state index in [1.165, 1.54) is 16.3 Å². The van der Waals surface area contributed by atoms with Gasteiger partial charge in [0.1, 0.15) is 5.76 Å². The maximum atomic E-state index is 13.6. The molecule has 1 unspecified atom stereocenters. The number of hydrogen-bond acceptors (Lipinski definition) is 5. The van der Waals surface area contributed by atoms with Crippen molar-refractivity contribution in [3.05, 3.63) is 108 Å². The van der Waals surface area contributed by atoms with Crippen LogP contribution in [0.4, 0.5) is 4.79 Å². The van der Waals surface area contributed by atoms with Crippen molar-refractivity contribution in [2.24, 2.45) is 0 Å². The number of nitrogens with one attached hydrogen (secondary N) is 2. The van der Waals surface area contributed by atoms with E-state index in [0.717, 1.165) is 62.7 Å². The Kier molecular flexibility index (Phi) is 9.85. The summed E-state index contributed by atoms with van der Waals surface area (Å²) in [5.41, 5.74) is 3.45. The summed E-state index contributed by atoms with van der Waals surface area (Å²) in [6.07, 6.45) is 2.61. The van der Waals surface area contributed by atoms with Crippen LogP contribution in [0.3, 0.4) is 0 Å². The largest absolute Gasteiger partial charge is 0.468 e. The van der Waals surface area contributed by atoms with E-state index < -0.39 is 0 Å². The zero-order valence-electron chi connectivity index (χ0n) is 23.4. The predicted molar refractivity (Wildman–Crippen MR) is 159 cm³/mol. The summed E-state index contributed by atoms with van der Waals surface area (Å²) in [5.74, 6) is 0.924. The van der Waals surface area contributed by atoms with E-state index >= 15 is 0 Å². The molecule has 1 aliphatic heterocycles. The third kappa shape index (κ3) is 7.72. The lowest BCUT2D eigenvalue weighted by Gasteiger charge is -2.29. The zero-order chi connectivity index (χ0) is 27.6. The number of furan rings is 1. The van der Waals surface area contributed by atoms with Crippen LogP contribution < -0.4 is 10.6 Å². The van der Waals surface area contributed by atoms with Crippen molar-refractivity contribution >= 4 is 16.8 Å². The summed E-state index contributed by atoms with van der Waals surface area (Å²) < 4.78 is 10.9. The number of urea groups is 1. The predicted octanol–water partition coefficient (Wildman–Crippen LogP) is 5.72. The summed E-state index contributed by atoms with van der Waals surface area (Å²) in [5, 5.41) is 9.05. The molecule has 2 N–H and O–H groups in total. The molecule has 0 radical (unpaired) electrons. The highest BCUT2D eigenvalue weighted by atomic mass is 16.5. The van der Waals surface area contributed by atoms with Gasteiger partial charge in [-0.1, -0.05) is 66.7 Å². The quantitative estimate of drug-likeness (QED) is 0.241. The van der Waals surface area contributed by atoms with Crippen molar-refractivity contribution in [3.63, 3.8) is 0 Å². The molecule has 0 bridgehead atoms. The second kappa shape index (κ2) is 14.1. The lowest BCUT2D eigenvalue weighted by molar-refractivity contribution is 0.0364. The lowest BCUT2D eigenvalue weighted by Crippen LogP contribution is -2.43. The highest BCUT2D eigenvalue weighted by molar-refractivity contribution is 5.86. The second-order valence-corrected chi connectivity index (χ2v) is 10.5. The molecule has 7 heteroatoms. The van der Waals surface area contributed by atoms with E-state index in [1.807, 2.05) is 23.1 Å². The first-order chi connectivity index (χ1) is 19.7. The number of carbonyl (C=O) groups excluding carboxylic acids is 1. The molecule has 1 saturated heterocycles. The van der Waals surface area contributed by atoms with Gasteiger partial charge in [0.15, 0.2) is 0 Å². The van der Waals surface area contributed by atoms with Crippen LogP contribution >= 0.6 is 0 Å². The maximum absolute atomic E-state index is 13.6. The van der Waals surface area contributed by atoms with Crippen LogP contribution in [0, 0.1) is 0 Å². The monoisotopic (exact) mass is 540 g/mol. The lowest BCUT2D eigenvalue weighted by atomic mass is 10.00. The fraction of sp³-hybridized carbons (Fsp3) is 0.364. The Bertz CT molecular complexity index is 1330. The maximum Gasteiger partial charge on any atom is 0.318 e. The van der Waals surface area contributed by atoms with Crippen LogP contribution in [0.1, 0.15) is 41.8 Å². The van der Waals surface area contributed by atoms with Crippen molar-refractivity contribution in [2.45, 2.75) is 39.0 Å². The van der Waals surface area contributed by atoms with Gasteiger partial charge in [-0.05, 0) is 52.9 Å². The average molecular weight is 541 g/mol. The number of ether oxygens (including phenoxy) is 1. The number of fused-ring (bicyclic) bond motifs is 1. The van der Waals surface area contributed by atoms with Crippen LogP contribution in [0.25, 0.3) is 10.8 Å². The van der Waals surface area contributed by atoms with Gasteiger partial charge in [-0.15, -0.1) is 0 Å². The second-order valence-electron chi connectivity index (χ2n) is 10.5.